The quantitative estimate of drug-likeness (QED) is 0.665. The summed E-state index contributed by atoms with van der Waals surface area (Å²) in [6, 6.07) is 20.0. The monoisotopic (exact) mass is 363 g/mol. The smallest absolute Gasteiger partial charge is 0.255 e. The number of ether oxygens (including phenoxy) is 3. The number of rotatable bonds is 6. The first-order valence-electron chi connectivity index (χ1n) is 8.47. The molecular formula is C22H21NO4. The van der Waals surface area contributed by atoms with Gasteiger partial charge in [-0.3, -0.25) is 4.79 Å². The third kappa shape index (κ3) is 4.58. The SMILES string of the molecule is COc1ccc(OC)c(NC(=O)c2ccc(Oc3ccc(C)cc3)cc2)c1. The van der Waals surface area contributed by atoms with Crippen LogP contribution in [-0.2, 0) is 0 Å². The third-order valence-corrected chi connectivity index (χ3v) is 4.03. The number of aryl methyl sites for hydroxylation is 1. The van der Waals surface area contributed by atoms with Gasteiger partial charge in [0.15, 0.2) is 0 Å². The van der Waals surface area contributed by atoms with Crippen LogP contribution in [0.15, 0.2) is 66.7 Å². The van der Waals surface area contributed by atoms with Gasteiger partial charge in [-0.05, 0) is 55.5 Å². The molecule has 3 aromatic rings. The van der Waals surface area contributed by atoms with Gasteiger partial charge in [-0.15, -0.1) is 0 Å². The zero-order valence-electron chi connectivity index (χ0n) is 15.5. The number of hydrogen-bond donors (Lipinski definition) is 1. The van der Waals surface area contributed by atoms with Gasteiger partial charge in [0.25, 0.3) is 5.91 Å². The van der Waals surface area contributed by atoms with E-state index in [0.29, 0.717) is 28.5 Å². The molecule has 0 saturated heterocycles. The van der Waals surface area contributed by atoms with Crippen LogP contribution in [-0.4, -0.2) is 20.1 Å². The number of benzene rings is 3. The molecule has 0 saturated carbocycles. The largest absolute Gasteiger partial charge is 0.497 e. The molecule has 1 N–H and O–H groups in total. The molecule has 0 spiro atoms. The van der Waals surface area contributed by atoms with Gasteiger partial charge in [0.1, 0.15) is 23.0 Å². The normalized spacial score (nSPS) is 10.2. The second-order valence-electron chi connectivity index (χ2n) is 5.96. The van der Waals surface area contributed by atoms with E-state index in [1.54, 1.807) is 56.7 Å². The van der Waals surface area contributed by atoms with Crippen molar-refractivity contribution in [2.45, 2.75) is 6.92 Å². The maximum absolute atomic E-state index is 12.5. The molecule has 0 bridgehead atoms. The summed E-state index contributed by atoms with van der Waals surface area (Å²) in [5, 5.41) is 2.84. The van der Waals surface area contributed by atoms with E-state index in [4.69, 9.17) is 14.2 Å². The van der Waals surface area contributed by atoms with Crippen molar-refractivity contribution in [2.24, 2.45) is 0 Å². The number of anilines is 1. The van der Waals surface area contributed by atoms with E-state index in [1.165, 1.54) is 5.56 Å². The van der Waals surface area contributed by atoms with Crippen molar-refractivity contribution in [2.75, 3.05) is 19.5 Å². The molecule has 27 heavy (non-hydrogen) atoms. The van der Waals surface area contributed by atoms with Crippen molar-refractivity contribution in [3.05, 3.63) is 77.9 Å². The second kappa shape index (κ2) is 8.27. The molecule has 0 aliphatic carbocycles. The fraction of sp³-hybridized carbons (Fsp3) is 0.136. The van der Waals surface area contributed by atoms with Gasteiger partial charge >= 0.3 is 0 Å². The van der Waals surface area contributed by atoms with Crippen LogP contribution in [0.25, 0.3) is 0 Å². The lowest BCUT2D eigenvalue weighted by Gasteiger charge is -2.12. The summed E-state index contributed by atoms with van der Waals surface area (Å²) in [7, 11) is 3.12. The molecule has 0 atom stereocenters. The standard InChI is InChI=1S/C22H21NO4/c1-15-4-8-17(9-5-15)27-18-10-6-16(7-11-18)22(24)23-20-14-19(25-2)12-13-21(20)26-3/h4-14H,1-3H3,(H,23,24). The van der Waals surface area contributed by atoms with Crippen LogP contribution < -0.4 is 19.5 Å². The first-order valence-corrected chi connectivity index (χ1v) is 8.47. The lowest BCUT2D eigenvalue weighted by atomic mass is 10.2. The number of hydrogen-bond acceptors (Lipinski definition) is 4. The Kier molecular flexibility index (Phi) is 5.61. The summed E-state index contributed by atoms with van der Waals surface area (Å²) in [6.45, 7) is 2.02. The molecule has 0 aliphatic rings. The topological polar surface area (TPSA) is 56.8 Å². The van der Waals surface area contributed by atoms with Gasteiger partial charge in [0.05, 0.1) is 19.9 Å². The average Bonchev–Trinajstić information content (AvgIpc) is 2.70. The maximum Gasteiger partial charge on any atom is 0.255 e. The van der Waals surface area contributed by atoms with Gasteiger partial charge in [-0.25, -0.2) is 0 Å². The summed E-state index contributed by atoms with van der Waals surface area (Å²) >= 11 is 0. The fourth-order valence-corrected chi connectivity index (χ4v) is 2.52. The van der Waals surface area contributed by atoms with E-state index in [2.05, 4.69) is 5.32 Å². The van der Waals surface area contributed by atoms with E-state index in [1.807, 2.05) is 31.2 Å². The molecule has 3 aromatic carbocycles. The Morgan fingerprint density at radius 3 is 1.96 bits per heavy atom. The summed E-state index contributed by atoms with van der Waals surface area (Å²) < 4.78 is 16.3. The summed E-state index contributed by atoms with van der Waals surface area (Å²) in [4.78, 5) is 12.5. The molecule has 3 rings (SSSR count). The average molecular weight is 363 g/mol. The lowest BCUT2D eigenvalue weighted by Crippen LogP contribution is -2.12. The van der Waals surface area contributed by atoms with E-state index in [9.17, 15) is 4.79 Å². The van der Waals surface area contributed by atoms with E-state index in [-0.39, 0.29) is 5.91 Å². The summed E-state index contributed by atoms with van der Waals surface area (Å²) in [6.07, 6.45) is 0. The highest BCUT2D eigenvalue weighted by molar-refractivity contribution is 6.05. The van der Waals surface area contributed by atoms with Gasteiger partial charge in [0.2, 0.25) is 0 Å². The predicted octanol–water partition coefficient (Wildman–Crippen LogP) is 5.06. The van der Waals surface area contributed by atoms with Crippen molar-refractivity contribution < 1.29 is 19.0 Å². The predicted molar refractivity (Wildman–Crippen MR) is 105 cm³/mol. The van der Waals surface area contributed by atoms with Crippen LogP contribution in [0.1, 0.15) is 15.9 Å². The molecular weight excluding hydrogens is 342 g/mol. The van der Waals surface area contributed by atoms with Gasteiger partial charge in [-0.2, -0.15) is 0 Å². The van der Waals surface area contributed by atoms with Crippen molar-refractivity contribution in [1.29, 1.82) is 0 Å². The van der Waals surface area contributed by atoms with Crippen molar-refractivity contribution in [1.82, 2.24) is 0 Å². The minimum atomic E-state index is -0.247. The molecule has 138 valence electrons. The number of carbonyl (C=O) groups excluding carboxylic acids is 1. The first kappa shape index (κ1) is 18.3. The fourth-order valence-electron chi connectivity index (χ4n) is 2.52. The molecule has 1 amide bonds. The highest BCUT2D eigenvalue weighted by atomic mass is 16.5. The maximum atomic E-state index is 12.5. The summed E-state index contributed by atoms with van der Waals surface area (Å²) in [5.74, 6) is 2.35. The minimum Gasteiger partial charge on any atom is -0.497 e. The number of nitrogens with one attached hydrogen (secondary N) is 1. The Hall–Kier alpha value is -3.47. The third-order valence-electron chi connectivity index (χ3n) is 4.03. The Morgan fingerprint density at radius 1 is 0.778 bits per heavy atom. The van der Waals surface area contributed by atoms with Gasteiger partial charge < -0.3 is 19.5 Å². The Labute approximate surface area is 158 Å². The van der Waals surface area contributed by atoms with E-state index >= 15 is 0 Å². The van der Waals surface area contributed by atoms with Crippen LogP contribution in [0.5, 0.6) is 23.0 Å². The lowest BCUT2D eigenvalue weighted by molar-refractivity contribution is 0.102. The molecule has 0 radical (unpaired) electrons. The number of amides is 1. The zero-order chi connectivity index (χ0) is 19.2. The van der Waals surface area contributed by atoms with Crippen LogP contribution >= 0.6 is 0 Å². The van der Waals surface area contributed by atoms with Crippen molar-refractivity contribution in [3.63, 3.8) is 0 Å². The van der Waals surface area contributed by atoms with Crippen LogP contribution in [0.4, 0.5) is 5.69 Å². The molecule has 0 aromatic heterocycles. The first-order chi connectivity index (χ1) is 13.1. The Bertz CT molecular complexity index is 918. The molecule has 0 aliphatic heterocycles. The van der Waals surface area contributed by atoms with Crippen LogP contribution in [0.3, 0.4) is 0 Å². The number of methoxy groups -OCH3 is 2. The Balaban J connectivity index is 1.71. The molecule has 0 fully saturated rings. The molecule has 0 heterocycles. The molecule has 0 unspecified atom stereocenters. The molecule has 5 heteroatoms. The Morgan fingerprint density at radius 2 is 1.37 bits per heavy atom. The summed E-state index contributed by atoms with van der Waals surface area (Å²) in [5.41, 5.74) is 2.22. The highest BCUT2D eigenvalue weighted by Gasteiger charge is 2.11. The van der Waals surface area contributed by atoms with Crippen LogP contribution in [0, 0.1) is 6.92 Å². The van der Waals surface area contributed by atoms with E-state index < -0.39 is 0 Å². The van der Waals surface area contributed by atoms with Gasteiger partial charge in [-0.1, -0.05) is 17.7 Å². The number of carbonyl (C=O) groups is 1. The molecule has 5 nitrogen and oxygen atoms in total. The zero-order valence-corrected chi connectivity index (χ0v) is 15.5. The van der Waals surface area contributed by atoms with Gasteiger partial charge in [0, 0.05) is 11.6 Å². The van der Waals surface area contributed by atoms with E-state index in [0.717, 1.165) is 5.75 Å². The second-order valence-corrected chi connectivity index (χ2v) is 5.96. The van der Waals surface area contributed by atoms with Crippen molar-refractivity contribution in [3.8, 4) is 23.0 Å². The highest BCUT2D eigenvalue weighted by Crippen LogP contribution is 2.29. The van der Waals surface area contributed by atoms with Crippen LogP contribution in [0.2, 0.25) is 0 Å². The minimum absolute atomic E-state index is 0.247. The van der Waals surface area contributed by atoms with Crippen molar-refractivity contribution >= 4 is 11.6 Å².